The Kier molecular flexibility index (Phi) is 5.70. The second kappa shape index (κ2) is 7.99. The number of hydrogen-bond acceptors (Lipinski definition) is 6. The minimum atomic E-state index is -0.367. The maximum Gasteiger partial charge on any atom is 0.337 e. The van der Waals surface area contributed by atoms with E-state index in [2.05, 4.69) is 14.9 Å². The number of nitrogens with zero attached hydrogens (tertiary/aromatic N) is 3. The number of halogens is 2. The van der Waals surface area contributed by atoms with E-state index in [1.165, 1.54) is 23.5 Å². The van der Waals surface area contributed by atoms with E-state index in [-0.39, 0.29) is 5.97 Å². The van der Waals surface area contributed by atoms with Crippen LogP contribution < -0.4 is 5.84 Å². The molecule has 2 aromatic carbocycles. The molecule has 3 aromatic rings. The Labute approximate surface area is 164 Å². The molecule has 0 unspecified atom stereocenters. The summed E-state index contributed by atoms with van der Waals surface area (Å²) in [5, 5.41) is 9.78. The van der Waals surface area contributed by atoms with Crippen molar-refractivity contribution in [3.05, 3.63) is 63.6 Å². The molecule has 0 spiro atoms. The van der Waals surface area contributed by atoms with Crippen LogP contribution in [0.1, 0.15) is 15.9 Å². The quantitative estimate of drug-likeness (QED) is 0.389. The average molecular weight is 409 g/mol. The molecule has 0 saturated heterocycles. The van der Waals surface area contributed by atoms with Gasteiger partial charge in [-0.25, -0.2) is 9.47 Å². The Morgan fingerprint density at radius 3 is 2.62 bits per heavy atom. The van der Waals surface area contributed by atoms with Gasteiger partial charge in [0, 0.05) is 16.3 Å². The molecule has 0 radical (unpaired) electrons. The van der Waals surface area contributed by atoms with Crippen LogP contribution in [0, 0.1) is 0 Å². The van der Waals surface area contributed by atoms with Crippen LogP contribution in [0.15, 0.2) is 47.6 Å². The van der Waals surface area contributed by atoms with Gasteiger partial charge in [0.25, 0.3) is 0 Å². The molecule has 26 heavy (non-hydrogen) atoms. The fraction of sp³-hybridized carbons (Fsp3) is 0.118. The summed E-state index contributed by atoms with van der Waals surface area (Å²) in [4.78, 5) is 11.5. The number of thioether (sulfide) groups is 1. The molecule has 0 saturated carbocycles. The number of nitrogens with two attached hydrogens (primary N) is 1. The number of esters is 1. The number of hydrogen-bond donors (Lipinski definition) is 1. The fourth-order valence-corrected chi connectivity index (χ4v) is 3.42. The van der Waals surface area contributed by atoms with Gasteiger partial charge in [0.05, 0.1) is 17.7 Å². The zero-order valence-electron chi connectivity index (χ0n) is 13.6. The third-order valence-corrected chi connectivity index (χ3v) is 5.16. The van der Waals surface area contributed by atoms with Gasteiger partial charge in [-0.3, -0.25) is 0 Å². The number of benzene rings is 2. The van der Waals surface area contributed by atoms with Crippen molar-refractivity contribution in [3.8, 4) is 11.4 Å². The Morgan fingerprint density at radius 2 is 1.92 bits per heavy atom. The largest absolute Gasteiger partial charge is 0.465 e. The highest BCUT2D eigenvalue weighted by molar-refractivity contribution is 7.98. The van der Waals surface area contributed by atoms with Crippen LogP contribution in [-0.4, -0.2) is 28.0 Å². The van der Waals surface area contributed by atoms with Gasteiger partial charge < -0.3 is 10.6 Å². The predicted octanol–water partition coefficient (Wildman–Crippen LogP) is 4.04. The van der Waals surface area contributed by atoms with Crippen LogP contribution in [0.25, 0.3) is 11.4 Å². The highest BCUT2D eigenvalue weighted by atomic mass is 35.5. The molecular weight excluding hydrogens is 395 g/mol. The lowest BCUT2D eigenvalue weighted by molar-refractivity contribution is 0.0600. The maximum absolute atomic E-state index is 11.5. The third kappa shape index (κ3) is 3.95. The summed E-state index contributed by atoms with van der Waals surface area (Å²) in [6.45, 7) is 0. The summed E-state index contributed by atoms with van der Waals surface area (Å²) in [5.41, 5.74) is 2.12. The molecule has 0 atom stereocenters. The number of methoxy groups -OCH3 is 1. The van der Waals surface area contributed by atoms with Crippen molar-refractivity contribution in [1.29, 1.82) is 0 Å². The first kappa shape index (κ1) is 18.6. The number of rotatable bonds is 5. The van der Waals surface area contributed by atoms with E-state index < -0.39 is 0 Å². The van der Waals surface area contributed by atoms with Crippen molar-refractivity contribution in [1.82, 2.24) is 14.9 Å². The van der Waals surface area contributed by atoms with Crippen LogP contribution in [0.3, 0.4) is 0 Å². The van der Waals surface area contributed by atoms with E-state index in [9.17, 15) is 4.79 Å². The minimum absolute atomic E-state index is 0.367. The fourth-order valence-electron chi connectivity index (χ4n) is 2.23. The smallest absolute Gasteiger partial charge is 0.337 e. The molecule has 2 N–H and O–H groups in total. The van der Waals surface area contributed by atoms with E-state index in [1.807, 2.05) is 12.1 Å². The van der Waals surface area contributed by atoms with Crippen molar-refractivity contribution in [3.63, 3.8) is 0 Å². The topological polar surface area (TPSA) is 83.0 Å². The summed E-state index contributed by atoms with van der Waals surface area (Å²) < 4.78 is 6.06. The van der Waals surface area contributed by atoms with E-state index in [0.717, 1.165) is 5.56 Å². The van der Waals surface area contributed by atoms with Crippen molar-refractivity contribution in [2.45, 2.75) is 10.9 Å². The number of ether oxygens (including phenoxy) is 1. The molecule has 1 heterocycles. The zero-order chi connectivity index (χ0) is 18.7. The number of carbonyl (C=O) groups excluding carboxylic acids is 1. The van der Waals surface area contributed by atoms with Crippen molar-refractivity contribution in [2.24, 2.45) is 0 Å². The highest BCUT2D eigenvalue weighted by Gasteiger charge is 2.15. The Bertz CT molecular complexity index is 944. The molecule has 0 bridgehead atoms. The normalized spacial score (nSPS) is 10.7. The van der Waals surface area contributed by atoms with Gasteiger partial charge in [0.15, 0.2) is 5.82 Å². The lowest BCUT2D eigenvalue weighted by atomic mass is 10.1. The molecule has 134 valence electrons. The van der Waals surface area contributed by atoms with Gasteiger partial charge in [0.2, 0.25) is 5.16 Å². The van der Waals surface area contributed by atoms with Gasteiger partial charge >= 0.3 is 5.97 Å². The van der Waals surface area contributed by atoms with Crippen LogP contribution in [0.5, 0.6) is 0 Å². The minimum Gasteiger partial charge on any atom is -0.465 e. The number of nitrogen functional groups attached to an aromatic ring is 1. The Morgan fingerprint density at radius 1 is 1.19 bits per heavy atom. The van der Waals surface area contributed by atoms with E-state index in [4.69, 9.17) is 29.0 Å². The van der Waals surface area contributed by atoms with E-state index in [1.54, 1.807) is 30.3 Å². The Balaban J connectivity index is 1.75. The molecule has 1 aromatic heterocycles. The lowest BCUT2D eigenvalue weighted by Gasteiger charge is -2.06. The third-order valence-electron chi connectivity index (χ3n) is 3.58. The second-order valence-corrected chi connectivity index (χ2v) is 7.06. The highest BCUT2D eigenvalue weighted by Crippen LogP contribution is 2.31. The SMILES string of the molecule is COC(=O)c1ccc(CSc2nnc(-c3cc(Cl)ccc3Cl)n2N)cc1. The molecule has 0 aliphatic rings. The molecular formula is C17H14Cl2N4O2S. The lowest BCUT2D eigenvalue weighted by Crippen LogP contribution is -2.11. The predicted molar refractivity (Wildman–Crippen MR) is 103 cm³/mol. The van der Waals surface area contributed by atoms with Gasteiger partial charge in [-0.1, -0.05) is 47.1 Å². The molecule has 0 aliphatic heterocycles. The number of aromatic nitrogens is 3. The standard InChI is InChI=1S/C17H14Cl2N4O2S/c1-25-16(24)11-4-2-10(3-5-11)9-26-17-22-21-15(23(17)20)13-8-12(18)6-7-14(13)19/h2-8H,9,20H2,1H3. The first-order valence-corrected chi connectivity index (χ1v) is 9.19. The second-order valence-electron chi connectivity index (χ2n) is 5.28. The molecule has 6 nitrogen and oxygen atoms in total. The monoisotopic (exact) mass is 408 g/mol. The van der Waals surface area contributed by atoms with Crippen molar-refractivity contribution in [2.75, 3.05) is 13.0 Å². The summed E-state index contributed by atoms with van der Waals surface area (Å²) in [6.07, 6.45) is 0. The van der Waals surface area contributed by atoms with Crippen LogP contribution >= 0.6 is 35.0 Å². The average Bonchev–Trinajstić information content (AvgIpc) is 3.02. The molecule has 3 rings (SSSR count). The molecule has 9 heteroatoms. The van der Waals surface area contributed by atoms with Gasteiger partial charge in [0.1, 0.15) is 0 Å². The van der Waals surface area contributed by atoms with Gasteiger partial charge in [-0.15, -0.1) is 10.2 Å². The maximum atomic E-state index is 11.5. The van der Waals surface area contributed by atoms with Crippen LogP contribution in [0.4, 0.5) is 0 Å². The summed E-state index contributed by atoms with van der Waals surface area (Å²) in [6, 6.07) is 12.2. The van der Waals surface area contributed by atoms with Gasteiger partial charge in [-0.05, 0) is 35.9 Å². The molecule has 0 amide bonds. The van der Waals surface area contributed by atoms with E-state index >= 15 is 0 Å². The molecule has 0 fully saturated rings. The first-order valence-electron chi connectivity index (χ1n) is 7.45. The summed E-state index contributed by atoms with van der Waals surface area (Å²) in [5.74, 6) is 6.78. The van der Waals surface area contributed by atoms with Crippen molar-refractivity contribution >= 4 is 40.9 Å². The molecule has 0 aliphatic carbocycles. The van der Waals surface area contributed by atoms with Gasteiger partial charge in [-0.2, -0.15) is 0 Å². The Hall–Kier alpha value is -2.22. The summed E-state index contributed by atoms with van der Waals surface area (Å²) >= 11 is 13.6. The first-order chi connectivity index (χ1) is 12.5. The summed E-state index contributed by atoms with van der Waals surface area (Å²) in [7, 11) is 1.35. The van der Waals surface area contributed by atoms with Crippen molar-refractivity contribution < 1.29 is 9.53 Å². The zero-order valence-corrected chi connectivity index (χ0v) is 16.0. The van der Waals surface area contributed by atoms with Crippen LogP contribution in [0.2, 0.25) is 10.0 Å². The number of carbonyl (C=O) groups is 1. The van der Waals surface area contributed by atoms with Crippen LogP contribution in [-0.2, 0) is 10.5 Å². The van der Waals surface area contributed by atoms with E-state index in [0.29, 0.717) is 37.9 Å².